The van der Waals surface area contributed by atoms with Crippen molar-refractivity contribution in [2.75, 3.05) is 27.2 Å². The van der Waals surface area contributed by atoms with E-state index in [1.54, 1.807) is 29.2 Å². The molecule has 6 heteroatoms. The monoisotopic (exact) mass is 456 g/mol. The predicted molar refractivity (Wildman–Crippen MR) is 118 cm³/mol. The van der Waals surface area contributed by atoms with Gasteiger partial charge in [-0.2, -0.15) is 0 Å². The second-order valence-corrected chi connectivity index (χ2v) is 8.48. The normalized spacial score (nSPS) is 18.7. The van der Waals surface area contributed by atoms with Gasteiger partial charge in [0, 0.05) is 16.6 Å². The van der Waals surface area contributed by atoms with Gasteiger partial charge in [-0.15, -0.1) is 0 Å². The first-order valence-electron chi connectivity index (χ1n) is 9.55. The van der Waals surface area contributed by atoms with Crippen LogP contribution in [0, 0.1) is 6.92 Å². The zero-order chi connectivity index (χ0) is 21.1. The number of carbonyl (C=O) groups is 2. The second-order valence-electron chi connectivity index (χ2n) is 7.57. The summed E-state index contributed by atoms with van der Waals surface area (Å²) < 4.78 is 0.869. The molecule has 1 aliphatic heterocycles. The molecule has 29 heavy (non-hydrogen) atoms. The average molecular weight is 457 g/mol. The van der Waals surface area contributed by atoms with Crippen LogP contribution in [0.2, 0.25) is 0 Å². The highest BCUT2D eigenvalue weighted by atomic mass is 79.9. The van der Waals surface area contributed by atoms with E-state index < -0.39 is 17.7 Å². The van der Waals surface area contributed by atoms with Crippen LogP contribution in [0.3, 0.4) is 0 Å². The van der Waals surface area contributed by atoms with Gasteiger partial charge in [-0.1, -0.05) is 57.9 Å². The zero-order valence-corrected chi connectivity index (χ0v) is 18.4. The molecule has 0 saturated carbocycles. The van der Waals surface area contributed by atoms with E-state index in [0.717, 1.165) is 28.6 Å². The number of aliphatic hydroxyl groups excluding tert-OH is 1. The first-order valence-corrected chi connectivity index (χ1v) is 10.3. The summed E-state index contributed by atoms with van der Waals surface area (Å²) in [5, 5.41) is 11.0. The molecule has 1 fully saturated rings. The van der Waals surface area contributed by atoms with E-state index in [1.165, 1.54) is 0 Å². The highest BCUT2D eigenvalue weighted by molar-refractivity contribution is 9.10. The van der Waals surface area contributed by atoms with Crippen molar-refractivity contribution in [2.45, 2.75) is 19.4 Å². The summed E-state index contributed by atoms with van der Waals surface area (Å²) in [4.78, 5) is 29.4. The highest BCUT2D eigenvalue weighted by Crippen LogP contribution is 2.39. The first-order chi connectivity index (χ1) is 13.8. The minimum Gasteiger partial charge on any atom is -0.507 e. The Morgan fingerprint density at radius 2 is 1.69 bits per heavy atom. The highest BCUT2D eigenvalue weighted by Gasteiger charge is 2.45. The number of rotatable bonds is 6. The molecule has 1 atom stereocenters. The van der Waals surface area contributed by atoms with Crippen molar-refractivity contribution in [3.05, 3.63) is 75.3 Å². The number of halogens is 1. The molecule has 1 amide bonds. The molecule has 5 nitrogen and oxygen atoms in total. The van der Waals surface area contributed by atoms with E-state index >= 15 is 0 Å². The van der Waals surface area contributed by atoms with Crippen molar-refractivity contribution in [1.29, 1.82) is 0 Å². The topological polar surface area (TPSA) is 60.9 Å². The van der Waals surface area contributed by atoms with E-state index in [0.29, 0.717) is 12.1 Å². The molecular weight excluding hydrogens is 432 g/mol. The Labute approximate surface area is 179 Å². The van der Waals surface area contributed by atoms with Gasteiger partial charge in [0.15, 0.2) is 0 Å². The van der Waals surface area contributed by atoms with Crippen LogP contribution in [0.25, 0.3) is 5.76 Å². The summed E-state index contributed by atoms with van der Waals surface area (Å²) in [6, 6.07) is 14.2. The molecule has 1 N–H and O–H groups in total. The predicted octanol–water partition coefficient (Wildman–Crippen LogP) is 4.13. The Kier molecular flexibility index (Phi) is 6.55. The molecular formula is C23H25BrN2O3. The Morgan fingerprint density at radius 1 is 1.07 bits per heavy atom. The van der Waals surface area contributed by atoms with Gasteiger partial charge in [0.1, 0.15) is 5.76 Å². The first kappa shape index (κ1) is 21.3. The number of amides is 1. The molecule has 0 aromatic heterocycles. The maximum Gasteiger partial charge on any atom is 0.295 e. The molecule has 2 aromatic rings. The number of carbonyl (C=O) groups excluding carboxylic acids is 2. The number of hydrogen-bond donors (Lipinski definition) is 1. The van der Waals surface area contributed by atoms with E-state index in [1.807, 2.05) is 50.2 Å². The lowest BCUT2D eigenvalue weighted by molar-refractivity contribution is -0.139. The molecule has 1 heterocycles. The Balaban J connectivity index is 2.07. The van der Waals surface area contributed by atoms with E-state index in [-0.39, 0.29) is 11.3 Å². The molecule has 2 aromatic carbocycles. The number of likely N-dealkylation sites (tertiary alicyclic amines) is 1. The number of benzene rings is 2. The number of ketones is 1. The van der Waals surface area contributed by atoms with Crippen LogP contribution in [-0.4, -0.2) is 53.8 Å². The molecule has 0 unspecified atom stereocenters. The standard InChI is InChI=1S/C23H25BrN2O3/c1-15-5-7-16(8-6-15)20-19(21(27)17-9-11-18(24)12-10-17)22(28)23(29)26(20)14-4-13-25(2)3/h5-12,20,27H,4,13-14H2,1-3H3/b21-19+/t20-/m0/s1. The van der Waals surface area contributed by atoms with Crippen molar-refractivity contribution >= 4 is 33.4 Å². The van der Waals surface area contributed by atoms with Crippen LogP contribution in [0.4, 0.5) is 0 Å². The summed E-state index contributed by atoms with van der Waals surface area (Å²) in [6.07, 6.45) is 0.737. The van der Waals surface area contributed by atoms with Crippen molar-refractivity contribution in [2.24, 2.45) is 0 Å². The Hall–Kier alpha value is -2.44. The van der Waals surface area contributed by atoms with Crippen molar-refractivity contribution in [3.8, 4) is 0 Å². The second kappa shape index (κ2) is 8.93. The molecule has 0 spiro atoms. The molecule has 0 aliphatic carbocycles. The van der Waals surface area contributed by atoms with Gasteiger partial charge in [-0.25, -0.2) is 0 Å². The van der Waals surface area contributed by atoms with Gasteiger partial charge in [0.05, 0.1) is 11.6 Å². The number of hydrogen-bond acceptors (Lipinski definition) is 4. The lowest BCUT2D eigenvalue weighted by Gasteiger charge is -2.26. The van der Waals surface area contributed by atoms with Crippen LogP contribution in [-0.2, 0) is 9.59 Å². The van der Waals surface area contributed by atoms with Gasteiger partial charge in [0.2, 0.25) is 0 Å². The van der Waals surface area contributed by atoms with Crippen LogP contribution in [0.5, 0.6) is 0 Å². The largest absolute Gasteiger partial charge is 0.507 e. The zero-order valence-electron chi connectivity index (χ0n) is 16.9. The summed E-state index contributed by atoms with van der Waals surface area (Å²) in [5.74, 6) is -1.34. The number of nitrogens with zero attached hydrogens (tertiary/aromatic N) is 2. The van der Waals surface area contributed by atoms with Crippen molar-refractivity contribution in [3.63, 3.8) is 0 Å². The molecule has 0 bridgehead atoms. The lowest BCUT2D eigenvalue weighted by atomic mass is 9.94. The van der Waals surface area contributed by atoms with Gasteiger partial charge in [-0.05, 0) is 51.7 Å². The fourth-order valence-corrected chi connectivity index (χ4v) is 3.79. The van der Waals surface area contributed by atoms with Gasteiger partial charge >= 0.3 is 0 Å². The van der Waals surface area contributed by atoms with Crippen molar-refractivity contribution < 1.29 is 14.7 Å². The maximum atomic E-state index is 12.9. The molecule has 1 aliphatic rings. The Morgan fingerprint density at radius 3 is 2.28 bits per heavy atom. The molecule has 0 radical (unpaired) electrons. The molecule has 1 saturated heterocycles. The van der Waals surface area contributed by atoms with Crippen LogP contribution < -0.4 is 0 Å². The van der Waals surface area contributed by atoms with Crippen molar-refractivity contribution in [1.82, 2.24) is 9.80 Å². The minimum atomic E-state index is -0.638. The molecule has 152 valence electrons. The number of aryl methyl sites for hydroxylation is 1. The van der Waals surface area contributed by atoms with Gasteiger partial charge < -0.3 is 14.9 Å². The summed E-state index contributed by atoms with van der Waals surface area (Å²) in [5.41, 5.74) is 2.56. The smallest absolute Gasteiger partial charge is 0.295 e. The summed E-state index contributed by atoms with van der Waals surface area (Å²) in [7, 11) is 3.94. The summed E-state index contributed by atoms with van der Waals surface area (Å²) in [6.45, 7) is 3.23. The number of Topliss-reactive ketones (excluding diaryl/α,β-unsaturated/α-hetero) is 1. The van der Waals surface area contributed by atoms with E-state index in [9.17, 15) is 14.7 Å². The van der Waals surface area contributed by atoms with Crippen LogP contribution >= 0.6 is 15.9 Å². The van der Waals surface area contributed by atoms with Gasteiger partial charge in [-0.3, -0.25) is 9.59 Å². The van der Waals surface area contributed by atoms with Gasteiger partial charge in [0.25, 0.3) is 11.7 Å². The van der Waals surface area contributed by atoms with E-state index in [4.69, 9.17) is 0 Å². The Bertz CT molecular complexity index is 934. The molecule has 3 rings (SSSR count). The lowest BCUT2D eigenvalue weighted by Crippen LogP contribution is -2.32. The number of aliphatic hydroxyl groups is 1. The van der Waals surface area contributed by atoms with E-state index in [2.05, 4.69) is 15.9 Å². The van der Waals surface area contributed by atoms with Crippen LogP contribution in [0.1, 0.15) is 29.2 Å². The SMILES string of the molecule is Cc1ccc([C@H]2/C(=C(\O)c3ccc(Br)cc3)C(=O)C(=O)N2CCCN(C)C)cc1. The average Bonchev–Trinajstić information content (AvgIpc) is 2.93. The minimum absolute atomic E-state index is 0.142. The third-order valence-corrected chi connectivity index (χ3v) is 5.58. The quantitative estimate of drug-likeness (QED) is 0.403. The maximum absolute atomic E-state index is 12.9. The van der Waals surface area contributed by atoms with Crippen LogP contribution in [0.15, 0.2) is 58.6 Å². The fourth-order valence-electron chi connectivity index (χ4n) is 3.53. The summed E-state index contributed by atoms with van der Waals surface area (Å²) >= 11 is 3.37. The third-order valence-electron chi connectivity index (χ3n) is 5.06. The third kappa shape index (κ3) is 4.60. The fraction of sp³-hybridized carbons (Fsp3) is 0.304.